The summed E-state index contributed by atoms with van der Waals surface area (Å²) in [5.41, 5.74) is 8.96. The average Bonchev–Trinajstić information content (AvgIpc) is 3.18. The van der Waals surface area contributed by atoms with Crippen LogP contribution in [0.4, 0.5) is 8.78 Å². The Labute approximate surface area is 174 Å². The number of nitrogens with zero attached hydrogens (tertiary/aromatic N) is 2. The lowest BCUT2D eigenvalue weighted by molar-refractivity contribution is -0.000372. The van der Waals surface area contributed by atoms with Gasteiger partial charge in [-0.2, -0.15) is 0 Å². The van der Waals surface area contributed by atoms with E-state index in [1.54, 1.807) is 7.11 Å². The fourth-order valence-corrected chi connectivity index (χ4v) is 5.56. The fraction of sp³-hybridized carbons (Fsp3) is 0.417. The molecular formula is C24H25F2N3O. The second-order valence-corrected chi connectivity index (χ2v) is 8.75. The zero-order valence-corrected chi connectivity index (χ0v) is 17.2. The highest BCUT2D eigenvalue weighted by molar-refractivity contribution is 6.41. The van der Waals surface area contributed by atoms with Gasteiger partial charge in [0.2, 0.25) is 0 Å². The Balaban J connectivity index is 1.66. The van der Waals surface area contributed by atoms with Gasteiger partial charge in [-0.3, -0.25) is 4.99 Å². The second kappa shape index (κ2) is 6.71. The molecule has 0 radical (unpaired) electrons. The van der Waals surface area contributed by atoms with Gasteiger partial charge >= 0.3 is 0 Å². The Morgan fingerprint density at radius 2 is 1.83 bits per heavy atom. The van der Waals surface area contributed by atoms with E-state index in [0.29, 0.717) is 11.4 Å². The molecule has 0 amide bonds. The van der Waals surface area contributed by atoms with Crippen LogP contribution in [0.2, 0.25) is 0 Å². The number of aliphatic imine (C=N–C) groups is 2. The van der Waals surface area contributed by atoms with Crippen LogP contribution >= 0.6 is 0 Å². The Morgan fingerprint density at radius 3 is 2.50 bits per heavy atom. The topological polar surface area (TPSA) is 60.0 Å². The molecule has 1 unspecified atom stereocenters. The lowest BCUT2D eigenvalue weighted by Crippen LogP contribution is -2.43. The molecule has 2 N–H and O–H groups in total. The van der Waals surface area contributed by atoms with Crippen LogP contribution in [0.3, 0.4) is 0 Å². The third kappa shape index (κ3) is 2.66. The van der Waals surface area contributed by atoms with Crippen LogP contribution in [0.5, 0.6) is 0 Å². The first-order valence-corrected chi connectivity index (χ1v) is 10.4. The van der Waals surface area contributed by atoms with Gasteiger partial charge in [0.25, 0.3) is 0 Å². The summed E-state index contributed by atoms with van der Waals surface area (Å²) in [5, 5.41) is 0. The predicted octanol–water partition coefficient (Wildman–Crippen LogP) is 4.75. The van der Waals surface area contributed by atoms with Crippen LogP contribution in [-0.2, 0) is 16.8 Å². The summed E-state index contributed by atoms with van der Waals surface area (Å²) in [6.45, 7) is 1.89. The lowest BCUT2D eigenvalue weighted by atomic mass is 9.65. The normalized spacial score (nSPS) is 29.9. The Kier molecular flexibility index (Phi) is 4.33. The third-order valence-electron chi connectivity index (χ3n) is 7.20. The summed E-state index contributed by atoms with van der Waals surface area (Å²) >= 11 is 0. The molecule has 1 fully saturated rings. The molecule has 0 aromatic heterocycles. The van der Waals surface area contributed by atoms with Gasteiger partial charge in [0, 0.05) is 23.7 Å². The maximum absolute atomic E-state index is 14.5. The summed E-state index contributed by atoms with van der Waals surface area (Å²) in [6.07, 6.45) is 4.84. The largest absolute Gasteiger partial charge is 0.382 e. The molecule has 156 valence electrons. The summed E-state index contributed by atoms with van der Waals surface area (Å²) in [5.74, 6) is -0.459. The molecule has 0 saturated heterocycles. The van der Waals surface area contributed by atoms with Crippen LogP contribution in [-0.4, -0.2) is 24.8 Å². The van der Waals surface area contributed by atoms with Gasteiger partial charge in [0.15, 0.2) is 5.66 Å². The van der Waals surface area contributed by atoms with Gasteiger partial charge in [-0.25, -0.2) is 13.8 Å². The van der Waals surface area contributed by atoms with Gasteiger partial charge < -0.3 is 10.5 Å². The highest BCUT2D eigenvalue weighted by Crippen LogP contribution is 2.62. The molecule has 2 aromatic rings. The Morgan fingerprint density at radius 1 is 1.07 bits per heavy atom. The van der Waals surface area contributed by atoms with Crippen LogP contribution in [0.15, 0.2) is 46.4 Å². The van der Waals surface area contributed by atoms with Gasteiger partial charge in [0.05, 0.1) is 11.8 Å². The van der Waals surface area contributed by atoms with Crippen molar-refractivity contribution in [3.63, 3.8) is 0 Å². The van der Waals surface area contributed by atoms with Gasteiger partial charge in [-0.05, 0) is 74.4 Å². The van der Waals surface area contributed by atoms with Gasteiger partial charge in [-0.15, -0.1) is 0 Å². The molecule has 1 aliphatic heterocycles. The average molecular weight is 409 g/mol. The number of hydrogen-bond acceptors (Lipinski definition) is 4. The summed E-state index contributed by atoms with van der Waals surface area (Å²) in [4.78, 5) is 9.95. The Hall–Kier alpha value is -2.60. The number of ether oxygens (including phenoxy) is 1. The predicted molar refractivity (Wildman–Crippen MR) is 114 cm³/mol. The fourth-order valence-electron chi connectivity index (χ4n) is 5.56. The maximum Gasteiger partial charge on any atom is 0.184 e. The first-order chi connectivity index (χ1) is 14.4. The van der Waals surface area contributed by atoms with E-state index in [1.807, 2.05) is 25.1 Å². The summed E-state index contributed by atoms with van der Waals surface area (Å²) in [7, 11) is 1.76. The zero-order chi connectivity index (χ0) is 21.1. The quantitative estimate of drug-likeness (QED) is 0.778. The van der Waals surface area contributed by atoms with Crippen molar-refractivity contribution in [2.75, 3.05) is 7.11 Å². The zero-order valence-electron chi connectivity index (χ0n) is 17.2. The smallest absolute Gasteiger partial charge is 0.184 e. The van der Waals surface area contributed by atoms with E-state index in [4.69, 9.17) is 20.5 Å². The van der Waals surface area contributed by atoms with Crippen LogP contribution in [0, 0.1) is 17.0 Å². The van der Waals surface area contributed by atoms with E-state index in [-0.39, 0.29) is 17.1 Å². The van der Waals surface area contributed by atoms with E-state index in [0.717, 1.165) is 61.1 Å². The highest BCUT2D eigenvalue weighted by Gasteiger charge is 2.60. The first-order valence-electron chi connectivity index (χ1n) is 10.4. The molecule has 4 nitrogen and oxygen atoms in total. The van der Waals surface area contributed by atoms with E-state index < -0.39 is 17.3 Å². The third-order valence-corrected chi connectivity index (χ3v) is 7.20. The number of fused-ring (bicyclic) bond motifs is 3. The number of rotatable bonds is 2. The summed E-state index contributed by atoms with van der Waals surface area (Å²) in [6, 6.07) is 9.34. The van der Waals surface area contributed by atoms with Gasteiger partial charge in [0.1, 0.15) is 17.5 Å². The molecule has 5 rings (SSSR count). The molecule has 1 atom stereocenters. The number of benzene rings is 2. The SMILES string of the molecule is COC1CCC2(CC1)Cc1ccc(-c3cc(F)ccc3F)cc1C21N=C(C)C(N)=N1. The summed E-state index contributed by atoms with van der Waals surface area (Å²) < 4.78 is 33.9. The molecule has 2 spiro atoms. The minimum atomic E-state index is -0.797. The molecule has 0 bridgehead atoms. The number of halogens is 2. The molecule has 1 heterocycles. The van der Waals surface area contributed by atoms with Crippen molar-refractivity contribution in [1.82, 2.24) is 0 Å². The van der Waals surface area contributed by atoms with Crippen molar-refractivity contribution in [2.45, 2.75) is 50.8 Å². The number of hydrogen-bond donors (Lipinski definition) is 1. The molecular weight excluding hydrogens is 384 g/mol. The van der Waals surface area contributed by atoms with Crippen LogP contribution in [0.25, 0.3) is 11.1 Å². The minimum absolute atomic E-state index is 0.175. The monoisotopic (exact) mass is 409 g/mol. The standard InChI is InChI=1S/C24H25F2N3O/c1-14-22(27)29-24(28-14)20-11-15(19-12-17(25)5-6-21(19)26)3-4-16(20)13-23(24)9-7-18(30-2)8-10-23/h3-6,11-12,18H,7-10,13H2,1-2H3,(H2,27,29). The van der Waals surface area contributed by atoms with Crippen molar-refractivity contribution in [1.29, 1.82) is 0 Å². The van der Waals surface area contributed by atoms with E-state index in [9.17, 15) is 8.78 Å². The van der Waals surface area contributed by atoms with E-state index >= 15 is 0 Å². The van der Waals surface area contributed by atoms with Crippen molar-refractivity contribution in [2.24, 2.45) is 21.1 Å². The lowest BCUT2D eigenvalue weighted by Gasteiger charge is -2.44. The molecule has 30 heavy (non-hydrogen) atoms. The minimum Gasteiger partial charge on any atom is -0.382 e. The highest BCUT2D eigenvalue weighted by atomic mass is 19.1. The molecule has 2 aliphatic carbocycles. The number of methoxy groups -OCH3 is 1. The van der Waals surface area contributed by atoms with Crippen LogP contribution in [0.1, 0.15) is 43.7 Å². The van der Waals surface area contributed by atoms with E-state index in [2.05, 4.69) is 0 Å². The van der Waals surface area contributed by atoms with Crippen molar-refractivity contribution in [3.05, 3.63) is 59.2 Å². The molecule has 2 aromatic carbocycles. The second-order valence-electron chi connectivity index (χ2n) is 8.75. The number of amidine groups is 1. The van der Waals surface area contributed by atoms with Crippen LogP contribution < -0.4 is 5.73 Å². The molecule has 1 saturated carbocycles. The maximum atomic E-state index is 14.5. The first kappa shape index (κ1) is 19.4. The molecule has 6 heteroatoms. The molecule has 3 aliphatic rings. The number of nitrogens with two attached hydrogens (primary N) is 1. The van der Waals surface area contributed by atoms with Crippen molar-refractivity contribution in [3.8, 4) is 11.1 Å². The van der Waals surface area contributed by atoms with E-state index in [1.165, 1.54) is 6.07 Å². The Bertz CT molecular complexity index is 1070. The van der Waals surface area contributed by atoms with Crippen molar-refractivity contribution >= 4 is 11.5 Å². The van der Waals surface area contributed by atoms with Crippen molar-refractivity contribution < 1.29 is 13.5 Å². The van der Waals surface area contributed by atoms with Gasteiger partial charge in [-0.1, -0.05) is 12.1 Å².